The molecule has 0 fully saturated rings. The van der Waals surface area contributed by atoms with Crippen molar-refractivity contribution in [1.82, 2.24) is 9.55 Å². The van der Waals surface area contributed by atoms with Crippen LogP contribution in [0.3, 0.4) is 0 Å². The fraction of sp³-hybridized carbons (Fsp3) is 0.316. The average molecular weight is 345 g/mol. The number of aliphatic hydroxyl groups excluding tert-OH is 1. The summed E-state index contributed by atoms with van der Waals surface area (Å²) in [6.07, 6.45) is 0.802. The number of ether oxygens (including phenoxy) is 1. The molecule has 0 unspecified atom stereocenters. The molecular weight excluding hydrogens is 324 g/mol. The molecule has 4 nitrogen and oxygen atoms in total. The van der Waals surface area contributed by atoms with E-state index in [2.05, 4.69) is 35.5 Å². The first-order chi connectivity index (χ1) is 11.6. The van der Waals surface area contributed by atoms with Crippen LogP contribution >= 0.6 is 11.6 Å². The van der Waals surface area contributed by atoms with Crippen molar-refractivity contribution in [3.8, 4) is 5.75 Å². The van der Waals surface area contributed by atoms with Crippen molar-refractivity contribution in [3.05, 3.63) is 58.4 Å². The molecule has 0 aliphatic heterocycles. The molecule has 0 aliphatic rings. The molecule has 3 aromatic rings. The van der Waals surface area contributed by atoms with Gasteiger partial charge in [-0.3, -0.25) is 0 Å². The van der Waals surface area contributed by atoms with Crippen molar-refractivity contribution >= 4 is 22.6 Å². The molecule has 0 radical (unpaired) electrons. The molecule has 0 bridgehead atoms. The van der Waals surface area contributed by atoms with E-state index in [0.29, 0.717) is 23.2 Å². The highest BCUT2D eigenvalue weighted by Gasteiger charge is 2.11. The second-order valence-electron chi connectivity index (χ2n) is 5.90. The highest BCUT2D eigenvalue weighted by molar-refractivity contribution is 6.32. The van der Waals surface area contributed by atoms with E-state index in [1.165, 1.54) is 11.1 Å². The van der Waals surface area contributed by atoms with Gasteiger partial charge >= 0.3 is 0 Å². The third kappa shape index (κ3) is 3.40. The molecule has 5 heteroatoms. The van der Waals surface area contributed by atoms with Gasteiger partial charge in [0.2, 0.25) is 0 Å². The number of imidazole rings is 1. The summed E-state index contributed by atoms with van der Waals surface area (Å²) in [5.41, 5.74) is 4.41. The number of halogens is 1. The Balaban J connectivity index is 1.72. The maximum absolute atomic E-state index is 9.60. The third-order valence-electron chi connectivity index (χ3n) is 4.20. The summed E-state index contributed by atoms with van der Waals surface area (Å²) in [5, 5.41) is 10.2. The largest absolute Gasteiger partial charge is 0.492 e. The zero-order valence-corrected chi connectivity index (χ0v) is 14.7. The molecule has 0 saturated carbocycles. The summed E-state index contributed by atoms with van der Waals surface area (Å²) in [6, 6.07) is 11.7. The van der Waals surface area contributed by atoms with Gasteiger partial charge in [-0.1, -0.05) is 23.7 Å². The van der Waals surface area contributed by atoms with Crippen LogP contribution in [-0.4, -0.2) is 21.3 Å². The normalized spacial score (nSPS) is 11.2. The van der Waals surface area contributed by atoms with E-state index < -0.39 is 0 Å². The lowest BCUT2D eigenvalue weighted by molar-refractivity contribution is 0.261. The van der Waals surface area contributed by atoms with Crippen molar-refractivity contribution in [2.45, 2.75) is 33.4 Å². The Hall–Kier alpha value is -2.04. The van der Waals surface area contributed by atoms with Gasteiger partial charge in [0.1, 0.15) is 18.2 Å². The monoisotopic (exact) mass is 344 g/mol. The van der Waals surface area contributed by atoms with E-state index in [1.54, 1.807) is 0 Å². The van der Waals surface area contributed by atoms with Crippen LogP contribution in [0.4, 0.5) is 0 Å². The Bertz CT molecular complexity index is 858. The van der Waals surface area contributed by atoms with Crippen molar-refractivity contribution in [2.75, 3.05) is 6.61 Å². The topological polar surface area (TPSA) is 47.3 Å². The summed E-state index contributed by atoms with van der Waals surface area (Å²) in [4.78, 5) is 4.54. The molecule has 0 spiro atoms. The molecule has 3 rings (SSSR count). The predicted octanol–water partition coefficient (Wildman–Crippen LogP) is 4.27. The van der Waals surface area contributed by atoms with Gasteiger partial charge < -0.3 is 14.4 Å². The van der Waals surface area contributed by atoms with E-state index in [0.717, 1.165) is 24.0 Å². The van der Waals surface area contributed by atoms with Crippen LogP contribution < -0.4 is 4.74 Å². The lowest BCUT2D eigenvalue weighted by Crippen LogP contribution is -2.08. The zero-order chi connectivity index (χ0) is 17.1. The number of rotatable bonds is 6. The van der Waals surface area contributed by atoms with Crippen molar-refractivity contribution in [3.63, 3.8) is 0 Å². The summed E-state index contributed by atoms with van der Waals surface area (Å²) in [5.74, 6) is 1.39. The van der Waals surface area contributed by atoms with Crippen molar-refractivity contribution in [2.24, 2.45) is 0 Å². The van der Waals surface area contributed by atoms with Crippen LogP contribution in [0.5, 0.6) is 5.75 Å². The third-order valence-corrected chi connectivity index (χ3v) is 4.52. The quantitative estimate of drug-likeness (QED) is 0.679. The molecular formula is C19H21ClN2O2. The van der Waals surface area contributed by atoms with Crippen LogP contribution in [0, 0.1) is 13.8 Å². The number of hydrogen-bond donors (Lipinski definition) is 1. The molecule has 0 amide bonds. The fourth-order valence-electron chi connectivity index (χ4n) is 2.77. The summed E-state index contributed by atoms with van der Waals surface area (Å²) < 4.78 is 7.80. The first kappa shape index (κ1) is 16.8. The minimum atomic E-state index is -0.0713. The fourth-order valence-corrected chi connectivity index (χ4v) is 2.96. The molecule has 0 saturated heterocycles. The Morgan fingerprint density at radius 3 is 2.67 bits per heavy atom. The number of aliphatic hydroxyl groups is 1. The first-order valence-electron chi connectivity index (χ1n) is 8.04. The molecule has 1 heterocycles. The van der Waals surface area contributed by atoms with E-state index in [-0.39, 0.29) is 6.61 Å². The summed E-state index contributed by atoms with van der Waals surface area (Å²) in [7, 11) is 0. The Kier molecular flexibility index (Phi) is 5.07. The second kappa shape index (κ2) is 7.24. The van der Waals surface area contributed by atoms with Crippen molar-refractivity contribution in [1.29, 1.82) is 0 Å². The molecule has 126 valence electrons. The van der Waals surface area contributed by atoms with E-state index >= 15 is 0 Å². The maximum atomic E-state index is 9.60. The predicted molar refractivity (Wildman–Crippen MR) is 96.7 cm³/mol. The van der Waals surface area contributed by atoms with Gasteiger partial charge in [-0.2, -0.15) is 0 Å². The van der Waals surface area contributed by atoms with Crippen molar-refractivity contribution < 1.29 is 9.84 Å². The standard InChI is InChI=1S/C19H21ClN2O2/c1-13-10-16-17(11-14(13)2)22(19(12-23)21-16)8-5-9-24-18-7-4-3-6-15(18)20/h3-4,6-7,10-11,23H,5,8-9,12H2,1-2H3. The molecule has 1 N–H and O–H groups in total. The highest BCUT2D eigenvalue weighted by Crippen LogP contribution is 2.24. The minimum Gasteiger partial charge on any atom is -0.492 e. The number of nitrogens with zero attached hydrogens (tertiary/aromatic N) is 2. The SMILES string of the molecule is Cc1cc2nc(CO)n(CCCOc3ccccc3Cl)c2cc1C. The van der Waals surface area contributed by atoms with E-state index in [4.69, 9.17) is 16.3 Å². The van der Waals surface area contributed by atoms with Gasteiger partial charge in [0.05, 0.1) is 22.7 Å². The van der Waals surface area contributed by atoms with Gasteiger partial charge in [0.15, 0.2) is 0 Å². The maximum Gasteiger partial charge on any atom is 0.137 e. The number of aromatic nitrogens is 2. The second-order valence-corrected chi connectivity index (χ2v) is 6.30. The number of fused-ring (bicyclic) bond motifs is 1. The van der Waals surface area contributed by atoms with E-state index in [9.17, 15) is 5.11 Å². The van der Waals surface area contributed by atoms with Crippen LogP contribution in [0.15, 0.2) is 36.4 Å². The summed E-state index contributed by atoms with van der Waals surface area (Å²) >= 11 is 6.09. The zero-order valence-electron chi connectivity index (χ0n) is 13.9. The lowest BCUT2D eigenvalue weighted by atomic mass is 10.1. The lowest BCUT2D eigenvalue weighted by Gasteiger charge is -2.11. The van der Waals surface area contributed by atoms with Crippen LogP contribution in [0.1, 0.15) is 23.4 Å². The Morgan fingerprint density at radius 1 is 1.17 bits per heavy atom. The number of aryl methyl sites for hydroxylation is 3. The molecule has 0 aliphatic carbocycles. The molecule has 0 atom stereocenters. The number of benzene rings is 2. The Morgan fingerprint density at radius 2 is 1.92 bits per heavy atom. The smallest absolute Gasteiger partial charge is 0.137 e. The molecule has 2 aromatic carbocycles. The number of hydrogen-bond acceptors (Lipinski definition) is 3. The van der Waals surface area contributed by atoms with Gasteiger partial charge in [-0.15, -0.1) is 0 Å². The van der Waals surface area contributed by atoms with E-state index in [1.807, 2.05) is 24.3 Å². The molecule has 24 heavy (non-hydrogen) atoms. The summed E-state index contributed by atoms with van der Waals surface area (Å²) in [6.45, 7) is 5.38. The number of para-hydroxylation sites is 1. The molecule has 1 aromatic heterocycles. The minimum absolute atomic E-state index is 0.0713. The Labute approximate surface area is 146 Å². The van der Waals surface area contributed by atoms with Crippen LogP contribution in [-0.2, 0) is 13.2 Å². The first-order valence-corrected chi connectivity index (χ1v) is 8.42. The van der Waals surface area contributed by atoms with Gasteiger partial charge in [-0.05, 0) is 55.7 Å². The van der Waals surface area contributed by atoms with Gasteiger partial charge in [0, 0.05) is 6.54 Å². The van der Waals surface area contributed by atoms with Gasteiger partial charge in [0.25, 0.3) is 0 Å². The van der Waals surface area contributed by atoms with Gasteiger partial charge in [-0.25, -0.2) is 4.98 Å². The highest BCUT2D eigenvalue weighted by atomic mass is 35.5. The average Bonchev–Trinajstić information content (AvgIpc) is 2.90. The van der Waals surface area contributed by atoms with Crippen LogP contribution in [0.25, 0.3) is 11.0 Å². The van der Waals surface area contributed by atoms with Crippen LogP contribution in [0.2, 0.25) is 5.02 Å².